The molecule has 0 saturated carbocycles. The zero-order valence-corrected chi connectivity index (χ0v) is 11.0. The molecule has 0 aliphatic heterocycles. The minimum atomic E-state index is 0.935. The van der Waals surface area contributed by atoms with Gasteiger partial charge < -0.3 is 4.90 Å². The van der Waals surface area contributed by atoms with Gasteiger partial charge in [-0.2, -0.15) is 12.6 Å². The molecule has 0 radical (unpaired) electrons. The fourth-order valence-corrected chi connectivity index (χ4v) is 2.88. The average Bonchev–Trinajstić information content (AvgIpc) is 2.49. The van der Waals surface area contributed by atoms with E-state index in [9.17, 15) is 0 Å². The molecule has 1 nitrogen and oxygen atoms in total. The number of likely N-dealkylation sites (N-methyl/N-ethyl adjacent to an activating group) is 1. The van der Waals surface area contributed by atoms with Crippen LogP contribution in [0.4, 0.5) is 0 Å². The summed E-state index contributed by atoms with van der Waals surface area (Å²) in [7, 11) is 2.14. The second-order valence-corrected chi connectivity index (χ2v) is 5.98. The third-order valence-electron chi connectivity index (χ3n) is 1.85. The highest BCUT2D eigenvalue weighted by Gasteiger charge is 2.00. The number of halogens is 1. The van der Waals surface area contributed by atoms with Gasteiger partial charge in [0.2, 0.25) is 0 Å². The summed E-state index contributed by atoms with van der Waals surface area (Å²) in [6.45, 7) is 2.18. The Morgan fingerprint density at radius 2 is 2.23 bits per heavy atom. The van der Waals surface area contributed by atoms with E-state index >= 15 is 0 Å². The molecule has 0 aliphatic rings. The van der Waals surface area contributed by atoms with Crippen LogP contribution >= 0.6 is 39.9 Å². The van der Waals surface area contributed by atoms with Crippen LogP contribution in [-0.2, 0) is 6.42 Å². The average molecular weight is 280 g/mol. The van der Waals surface area contributed by atoms with Crippen molar-refractivity contribution < 1.29 is 0 Å². The molecule has 1 heterocycles. The lowest BCUT2D eigenvalue weighted by Gasteiger charge is -2.13. The van der Waals surface area contributed by atoms with E-state index in [0.29, 0.717) is 0 Å². The normalized spacial score (nSPS) is 11.1. The van der Waals surface area contributed by atoms with Crippen LogP contribution in [0.2, 0.25) is 0 Å². The Kier molecular flexibility index (Phi) is 5.39. The minimum Gasteiger partial charge on any atom is -0.305 e. The smallest absolute Gasteiger partial charge is 0.0701 e. The summed E-state index contributed by atoms with van der Waals surface area (Å²) < 4.78 is 1.22. The van der Waals surface area contributed by atoms with Gasteiger partial charge in [-0.15, -0.1) is 11.3 Å². The third-order valence-corrected chi connectivity index (χ3v) is 3.73. The first-order chi connectivity index (χ1) is 6.22. The maximum Gasteiger partial charge on any atom is 0.0701 e. The number of hydrogen-bond acceptors (Lipinski definition) is 3. The molecule has 1 aromatic rings. The molecule has 0 aliphatic carbocycles. The van der Waals surface area contributed by atoms with Gasteiger partial charge in [0.05, 0.1) is 3.79 Å². The molecule has 0 atom stereocenters. The predicted octanol–water partition coefficient (Wildman–Crippen LogP) is 2.91. The lowest BCUT2D eigenvalue weighted by Crippen LogP contribution is -2.23. The van der Waals surface area contributed by atoms with E-state index in [-0.39, 0.29) is 0 Å². The van der Waals surface area contributed by atoms with Crippen molar-refractivity contribution in [2.24, 2.45) is 0 Å². The van der Waals surface area contributed by atoms with Crippen LogP contribution in [0.15, 0.2) is 15.9 Å². The Hall–Kier alpha value is 0.490. The van der Waals surface area contributed by atoms with E-state index in [1.165, 1.54) is 8.66 Å². The van der Waals surface area contributed by atoms with E-state index < -0.39 is 0 Å². The van der Waals surface area contributed by atoms with Crippen molar-refractivity contribution in [1.82, 2.24) is 4.90 Å². The van der Waals surface area contributed by atoms with Gasteiger partial charge in [0, 0.05) is 23.7 Å². The molecule has 13 heavy (non-hydrogen) atoms. The van der Waals surface area contributed by atoms with Crippen LogP contribution < -0.4 is 0 Å². The lowest BCUT2D eigenvalue weighted by atomic mass is 10.3. The van der Waals surface area contributed by atoms with Crippen molar-refractivity contribution >= 4 is 39.9 Å². The first-order valence-corrected chi connectivity index (χ1v) is 6.50. The van der Waals surface area contributed by atoms with Crippen molar-refractivity contribution in [3.63, 3.8) is 0 Å². The van der Waals surface area contributed by atoms with E-state index in [1.807, 2.05) is 11.3 Å². The maximum absolute atomic E-state index is 4.20. The predicted molar refractivity (Wildman–Crippen MR) is 67.1 cm³/mol. The molecule has 1 aromatic heterocycles. The van der Waals surface area contributed by atoms with Crippen LogP contribution in [0.1, 0.15) is 4.88 Å². The van der Waals surface area contributed by atoms with Crippen molar-refractivity contribution in [3.05, 3.63) is 20.8 Å². The van der Waals surface area contributed by atoms with Crippen molar-refractivity contribution in [2.75, 3.05) is 25.9 Å². The highest BCUT2D eigenvalue weighted by atomic mass is 79.9. The Labute approximate surface area is 97.7 Å². The monoisotopic (exact) mass is 279 g/mol. The third kappa shape index (κ3) is 4.49. The molecule has 0 bridgehead atoms. The summed E-state index contributed by atoms with van der Waals surface area (Å²) in [4.78, 5) is 3.75. The van der Waals surface area contributed by atoms with Crippen molar-refractivity contribution in [1.29, 1.82) is 0 Å². The molecule has 1 rings (SSSR count). The molecule has 0 amide bonds. The van der Waals surface area contributed by atoms with E-state index in [1.54, 1.807) is 0 Å². The molecule has 74 valence electrons. The fourth-order valence-electron chi connectivity index (χ4n) is 1.07. The standard InChI is InChI=1S/C9H14BrNS2/c1-11(6-7-12)5-4-8-2-3-9(10)13-8/h2-3,12H,4-7H2,1H3. The summed E-state index contributed by atoms with van der Waals surface area (Å²) in [6, 6.07) is 4.29. The second kappa shape index (κ2) is 6.06. The zero-order valence-electron chi connectivity index (χ0n) is 7.66. The molecule has 4 heteroatoms. The van der Waals surface area contributed by atoms with Gasteiger partial charge in [0.15, 0.2) is 0 Å². The number of hydrogen-bond donors (Lipinski definition) is 1. The van der Waals surface area contributed by atoms with Crippen molar-refractivity contribution in [3.8, 4) is 0 Å². The Morgan fingerprint density at radius 1 is 1.46 bits per heavy atom. The van der Waals surface area contributed by atoms with Gasteiger partial charge in [0.1, 0.15) is 0 Å². The number of thiophene rings is 1. The van der Waals surface area contributed by atoms with E-state index in [2.05, 4.69) is 52.6 Å². The maximum atomic E-state index is 4.20. The lowest BCUT2D eigenvalue weighted by molar-refractivity contribution is 0.362. The summed E-state index contributed by atoms with van der Waals surface area (Å²) in [5, 5.41) is 0. The topological polar surface area (TPSA) is 3.24 Å². The van der Waals surface area contributed by atoms with Crippen LogP contribution in [0.3, 0.4) is 0 Å². The fraction of sp³-hybridized carbons (Fsp3) is 0.556. The highest BCUT2D eigenvalue weighted by molar-refractivity contribution is 9.11. The van der Waals surface area contributed by atoms with Gasteiger partial charge >= 0.3 is 0 Å². The zero-order chi connectivity index (χ0) is 9.68. The summed E-state index contributed by atoms with van der Waals surface area (Å²) >= 11 is 9.48. The minimum absolute atomic E-state index is 0.935. The Balaban J connectivity index is 2.26. The molecule has 0 saturated heterocycles. The largest absolute Gasteiger partial charge is 0.305 e. The van der Waals surface area contributed by atoms with Gasteiger partial charge in [-0.05, 0) is 41.5 Å². The van der Waals surface area contributed by atoms with Crippen LogP contribution in [-0.4, -0.2) is 30.8 Å². The van der Waals surface area contributed by atoms with Crippen LogP contribution in [0, 0.1) is 0 Å². The number of rotatable bonds is 5. The van der Waals surface area contributed by atoms with Gasteiger partial charge in [-0.1, -0.05) is 0 Å². The van der Waals surface area contributed by atoms with E-state index in [0.717, 1.165) is 25.3 Å². The number of nitrogens with zero attached hydrogens (tertiary/aromatic N) is 1. The molecule has 0 spiro atoms. The number of thiol groups is 1. The van der Waals surface area contributed by atoms with Crippen LogP contribution in [0.5, 0.6) is 0 Å². The van der Waals surface area contributed by atoms with Gasteiger partial charge in [-0.3, -0.25) is 0 Å². The van der Waals surface area contributed by atoms with Crippen molar-refractivity contribution in [2.45, 2.75) is 6.42 Å². The molecule has 0 aromatic carbocycles. The summed E-state index contributed by atoms with van der Waals surface area (Å²) in [6.07, 6.45) is 1.14. The molecular weight excluding hydrogens is 266 g/mol. The second-order valence-electron chi connectivity index (χ2n) is 2.98. The van der Waals surface area contributed by atoms with Gasteiger partial charge in [-0.25, -0.2) is 0 Å². The highest BCUT2D eigenvalue weighted by Crippen LogP contribution is 2.22. The Morgan fingerprint density at radius 3 is 2.77 bits per heavy atom. The quantitative estimate of drug-likeness (QED) is 0.812. The Bertz CT molecular complexity index is 250. The molecule has 0 fully saturated rings. The molecular formula is C9H14BrNS2. The summed E-state index contributed by atoms with van der Waals surface area (Å²) in [5.41, 5.74) is 0. The molecule has 0 unspecified atom stereocenters. The molecule has 0 N–H and O–H groups in total. The first kappa shape index (κ1) is 11.6. The van der Waals surface area contributed by atoms with Gasteiger partial charge in [0.25, 0.3) is 0 Å². The first-order valence-electron chi connectivity index (χ1n) is 4.26. The SMILES string of the molecule is CN(CCS)CCc1ccc(Br)s1. The summed E-state index contributed by atoms with van der Waals surface area (Å²) in [5.74, 6) is 0.935. The van der Waals surface area contributed by atoms with Crippen LogP contribution in [0.25, 0.3) is 0 Å². The van der Waals surface area contributed by atoms with E-state index in [4.69, 9.17) is 0 Å².